The Balaban J connectivity index is 1.45. The minimum atomic E-state index is -0.151. The number of fused-ring (bicyclic) bond motifs is 2. The summed E-state index contributed by atoms with van der Waals surface area (Å²) < 4.78 is 1.53. The Kier molecular flexibility index (Phi) is 4.02. The van der Waals surface area contributed by atoms with E-state index < -0.39 is 0 Å². The molecule has 1 aromatic carbocycles. The van der Waals surface area contributed by atoms with E-state index >= 15 is 0 Å². The summed E-state index contributed by atoms with van der Waals surface area (Å²) >= 11 is 1.45. The molecular formula is C21H16N4O2S. The van der Waals surface area contributed by atoms with Crippen molar-refractivity contribution in [3.8, 4) is 10.6 Å². The Bertz CT molecular complexity index is 1250. The number of pyridine rings is 1. The van der Waals surface area contributed by atoms with Gasteiger partial charge in [-0.3, -0.25) is 14.0 Å². The van der Waals surface area contributed by atoms with Crippen LogP contribution in [0.5, 0.6) is 0 Å². The average molecular weight is 388 g/mol. The zero-order chi connectivity index (χ0) is 19.1. The van der Waals surface area contributed by atoms with Crippen LogP contribution < -0.4 is 5.56 Å². The maximum Gasteiger partial charge on any atom is 0.273 e. The summed E-state index contributed by atoms with van der Waals surface area (Å²) in [6.45, 7) is 0.787. The smallest absolute Gasteiger partial charge is 0.273 e. The van der Waals surface area contributed by atoms with Crippen molar-refractivity contribution in [3.63, 3.8) is 0 Å². The van der Waals surface area contributed by atoms with Crippen LogP contribution in [-0.2, 0) is 13.0 Å². The van der Waals surface area contributed by atoms with Gasteiger partial charge in [0, 0.05) is 30.1 Å². The van der Waals surface area contributed by atoms with E-state index in [0.29, 0.717) is 29.9 Å². The molecule has 6 nitrogen and oxygen atoms in total. The van der Waals surface area contributed by atoms with Gasteiger partial charge in [-0.05, 0) is 12.1 Å². The highest BCUT2D eigenvalue weighted by molar-refractivity contribution is 7.13. The van der Waals surface area contributed by atoms with Gasteiger partial charge in [0.25, 0.3) is 11.5 Å². The predicted octanol–water partition coefficient (Wildman–Crippen LogP) is 3.02. The number of nitrogens with zero attached hydrogens (tertiary/aromatic N) is 4. The van der Waals surface area contributed by atoms with Crippen LogP contribution in [0.2, 0.25) is 0 Å². The maximum absolute atomic E-state index is 13.0. The zero-order valence-corrected chi connectivity index (χ0v) is 15.7. The van der Waals surface area contributed by atoms with Gasteiger partial charge < -0.3 is 4.90 Å². The van der Waals surface area contributed by atoms with Crippen molar-refractivity contribution in [1.29, 1.82) is 0 Å². The summed E-state index contributed by atoms with van der Waals surface area (Å²) in [5, 5.41) is 2.60. The van der Waals surface area contributed by atoms with E-state index in [4.69, 9.17) is 0 Å². The number of carbonyl (C=O) groups is 1. The van der Waals surface area contributed by atoms with E-state index in [-0.39, 0.29) is 18.0 Å². The van der Waals surface area contributed by atoms with Crippen LogP contribution in [0, 0.1) is 0 Å². The first-order valence-electron chi connectivity index (χ1n) is 9.00. The molecule has 7 heteroatoms. The molecule has 5 rings (SSSR count). The van der Waals surface area contributed by atoms with E-state index in [2.05, 4.69) is 9.97 Å². The summed E-state index contributed by atoms with van der Waals surface area (Å²) in [6, 6.07) is 15.3. The monoisotopic (exact) mass is 388 g/mol. The quantitative estimate of drug-likeness (QED) is 0.529. The van der Waals surface area contributed by atoms with Crippen molar-refractivity contribution in [2.24, 2.45) is 0 Å². The Labute approximate surface area is 164 Å². The van der Waals surface area contributed by atoms with Gasteiger partial charge in [-0.2, -0.15) is 0 Å². The van der Waals surface area contributed by atoms with Crippen LogP contribution in [-0.4, -0.2) is 31.7 Å². The van der Waals surface area contributed by atoms with Gasteiger partial charge in [0.1, 0.15) is 16.3 Å². The average Bonchev–Trinajstić information content (AvgIpc) is 3.24. The predicted molar refractivity (Wildman–Crippen MR) is 107 cm³/mol. The lowest BCUT2D eigenvalue weighted by atomic mass is 10.1. The number of rotatable bonds is 2. The van der Waals surface area contributed by atoms with Gasteiger partial charge in [-0.1, -0.05) is 36.4 Å². The number of amides is 1. The number of benzene rings is 1. The third-order valence-electron chi connectivity index (χ3n) is 4.91. The Hall–Kier alpha value is -3.32. The van der Waals surface area contributed by atoms with Crippen molar-refractivity contribution < 1.29 is 4.79 Å². The first-order valence-corrected chi connectivity index (χ1v) is 9.88. The van der Waals surface area contributed by atoms with Gasteiger partial charge in [0.05, 0.1) is 17.8 Å². The highest BCUT2D eigenvalue weighted by Gasteiger charge is 2.27. The van der Waals surface area contributed by atoms with Crippen LogP contribution >= 0.6 is 11.3 Å². The Morgan fingerprint density at radius 1 is 1.04 bits per heavy atom. The van der Waals surface area contributed by atoms with Crippen molar-refractivity contribution in [1.82, 2.24) is 19.3 Å². The summed E-state index contributed by atoms with van der Waals surface area (Å²) in [4.78, 5) is 36.6. The molecule has 0 bridgehead atoms. The minimum Gasteiger partial charge on any atom is -0.332 e. The number of hydrogen-bond donors (Lipinski definition) is 0. The van der Waals surface area contributed by atoms with Crippen LogP contribution in [0.15, 0.2) is 64.9 Å². The lowest BCUT2D eigenvalue weighted by Crippen LogP contribution is -2.40. The van der Waals surface area contributed by atoms with E-state index in [0.717, 1.165) is 16.3 Å². The molecule has 0 unspecified atom stereocenters. The van der Waals surface area contributed by atoms with Gasteiger partial charge >= 0.3 is 0 Å². The fraction of sp³-hybridized carbons (Fsp3) is 0.143. The Morgan fingerprint density at radius 3 is 2.71 bits per heavy atom. The fourth-order valence-electron chi connectivity index (χ4n) is 3.47. The zero-order valence-electron chi connectivity index (χ0n) is 14.9. The molecule has 1 aliphatic heterocycles. The largest absolute Gasteiger partial charge is 0.332 e. The Morgan fingerprint density at radius 2 is 1.86 bits per heavy atom. The van der Waals surface area contributed by atoms with Crippen molar-refractivity contribution in [3.05, 3.63) is 87.4 Å². The number of carbonyl (C=O) groups excluding carboxylic acids is 1. The molecule has 0 aliphatic carbocycles. The molecule has 4 heterocycles. The lowest BCUT2D eigenvalue weighted by Gasteiger charge is -2.27. The highest BCUT2D eigenvalue weighted by Crippen LogP contribution is 2.25. The second kappa shape index (κ2) is 6.69. The number of aromatic nitrogens is 3. The number of thiazole rings is 1. The third kappa shape index (κ3) is 2.80. The molecule has 3 aromatic heterocycles. The molecule has 4 aromatic rings. The topological polar surface area (TPSA) is 67.6 Å². The third-order valence-corrected chi connectivity index (χ3v) is 5.80. The minimum absolute atomic E-state index is 0.110. The van der Waals surface area contributed by atoms with Gasteiger partial charge in [-0.15, -0.1) is 11.3 Å². The maximum atomic E-state index is 13.0. The summed E-state index contributed by atoms with van der Waals surface area (Å²) in [7, 11) is 0. The van der Waals surface area contributed by atoms with Crippen LogP contribution in [0.4, 0.5) is 0 Å². The summed E-state index contributed by atoms with van der Waals surface area (Å²) in [6.07, 6.45) is 2.27. The molecule has 0 radical (unpaired) electrons. The number of hydrogen-bond acceptors (Lipinski definition) is 5. The van der Waals surface area contributed by atoms with E-state index in [1.54, 1.807) is 22.5 Å². The van der Waals surface area contributed by atoms with E-state index in [1.807, 2.05) is 42.5 Å². The lowest BCUT2D eigenvalue weighted by molar-refractivity contribution is 0.0727. The van der Waals surface area contributed by atoms with Crippen molar-refractivity contribution in [2.45, 2.75) is 13.0 Å². The van der Waals surface area contributed by atoms with Gasteiger partial charge in [-0.25, -0.2) is 9.97 Å². The van der Waals surface area contributed by atoms with Gasteiger partial charge in [0.15, 0.2) is 0 Å². The van der Waals surface area contributed by atoms with Gasteiger partial charge in [0.2, 0.25) is 0 Å². The van der Waals surface area contributed by atoms with E-state index in [9.17, 15) is 9.59 Å². The summed E-state index contributed by atoms with van der Waals surface area (Å²) in [5.41, 5.74) is 3.30. The molecule has 28 heavy (non-hydrogen) atoms. The second-order valence-corrected chi connectivity index (χ2v) is 7.51. The standard InChI is InChI=1S/C21H16N4O2S/c26-20-15-12-24(11-9-16(15)22-18-8-4-5-10-25(18)20)21(27)17-13-28-19(23-17)14-6-2-1-3-7-14/h1-8,10,13H,9,11-12H2. The second-order valence-electron chi connectivity index (χ2n) is 6.65. The molecular weight excluding hydrogens is 372 g/mol. The molecule has 0 spiro atoms. The first kappa shape index (κ1) is 16.8. The molecule has 0 fully saturated rings. The molecule has 0 atom stereocenters. The van der Waals surface area contributed by atoms with Crippen LogP contribution in [0.25, 0.3) is 16.2 Å². The molecule has 0 N–H and O–H groups in total. The molecule has 0 saturated heterocycles. The van der Waals surface area contributed by atoms with Crippen LogP contribution in [0.1, 0.15) is 21.7 Å². The molecule has 1 amide bonds. The molecule has 138 valence electrons. The summed E-state index contributed by atoms with van der Waals surface area (Å²) in [5.74, 6) is -0.151. The van der Waals surface area contributed by atoms with Crippen molar-refractivity contribution in [2.75, 3.05) is 6.54 Å². The first-order chi connectivity index (χ1) is 13.7. The normalized spacial score (nSPS) is 13.5. The molecule has 1 aliphatic rings. The van der Waals surface area contributed by atoms with E-state index in [1.165, 1.54) is 15.7 Å². The SMILES string of the molecule is O=C(c1csc(-c2ccccc2)n1)N1CCc2nc3ccccn3c(=O)c2C1. The van der Waals surface area contributed by atoms with Crippen LogP contribution in [0.3, 0.4) is 0 Å². The fourth-order valence-corrected chi connectivity index (χ4v) is 4.27. The highest BCUT2D eigenvalue weighted by atomic mass is 32.1. The van der Waals surface area contributed by atoms with Crippen molar-refractivity contribution >= 4 is 22.9 Å². The molecule has 0 saturated carbocycles.